The van der Waals surface area contributed by atoms with Crippen LogP contribution in [0.5, 0.6) is 0 Å². The fourth-order valence-electron chi connectivity index (χ4n) is 2.69. The standard InChI is InChI=1S/C17H26N2O/c1-3-4-6-14-8-10-16(11-9-14)19(2)17(20)13-15-7-5-12-18-15/h8-11,15,18H,3-7,12-13H2,1-2H3. The van der Waals surface area contributed by atoms with Crippen LogP contribution in [-0.4, -0.2) is 25.5 Å². The molecule has 1 amide bonds. The molecule has 3 nitrogen and oxygen atoms in total. The first-order chi connectivity index (χ1) is 9.70. The number of carbonyl (C=O) groups is 1. The molecule has 0 bridgehead atoms. The van der Waals surface area contributed by atoms with E-state index in [1.54, 1.807) is 4.90 Å². The molecule has 1 aromatic rings. The maximum atomic E-state index is 12.2. The van der Waals surface area contributed by atoms with Crippen LogP contribution in [0.1, 0.15) is 44.6 Å². The number of nitrogens with one attached hydrogen (secondary N) is 1. The van der Waals surface area contributed by atoms with Crippen LogP contribution >= 0.6 is 0 Å². The van der Waals surface area contributed by atoms with Gasteiger partial charge in [-0.15, -0.1) is 0 Å². The first-order valence-electron chi connectivity index (χ1n) is 7.79. The van der Waals surface area contributed by atoms with Crippen molar-refractivity contribution in [2.75, 3.05) is 18.5 Å². The molecule has 20 heavy (non-hydrogen) atoms. The van der Waals surface area contributed by atoms with Gasteiger partial charge in [-0.2, -0.15) is 0 Å². The highest BCUT2D eigenvalue weighted by molar-refractivity contribution is 5.93. The van der Waals surface area contributed by atoms with Crippen LogP contribution < -0.4 is 10.2 Å². The Kier molecular flexibility index (Phi) is 5.60. The second kappa shape index (κ2) is 7.44. The van der Waals surface area contributed by atoms with Crippen LogP contribution in [0.2, 0.25) is 0 Å². The summed E-state index contributed by atoms with van der Waals surface area (Å²) in [6.07, 6.45) is 6.48. The Morgan fingerprint density at radius 1 is 1.35 bits per heavy atom. The summed E-state index contributed by atoms with van der Waals surface area (Å²) >= 11 is 0. The SMILES string of the molecule is CCCCc1ccc(N(C)C(=O)CC2CCCN2)cc1. The van der Waals surface area contributed by atoms with Crippen LogP contribution in [0.25, 0.3) is 0 Å². The van der Waals surface area contributed by atoms with E-state index in [2.05, 4.69) is 36.5 Å². The molecule has 1 aliphatic rings. The quantitative estimate of drug-likeness (QED) is 0.864. The van der Waals surface area contributed by atoms with E-state index >= 15 is 0 Å². The Bertz CT molecular complexity index is 421. The zero-order valence-electron chi connectivity index (χ0n) is 12.7. The van der Waals surface area contributed by atoms with Gasteiger partial charge in [0.1, 0.15) is 0 Å². The van der Waals surface area contributed by atoms with E-state index in [0.717, 1.165) is 25.1 Å². The molecule has 1 aliphatic heterocycles. The highest BCUT2D eigenvalue weighted by atomic mass is 16.2. The smallest absolute Gasteiger partial charge is 0.228 e. The van der Waals surface area contributed by atoms with Crippen molar-refractivity contribution in [2.24, 2.45) is 0 Å². The van der Waals surface area contributed by atoms with Gasteiger partial charge in [-0.05, 0) is 49.9 Å². The van der Waals surface area contributed by atoms with Gasteiger partial charge >= 0.3 is 0 Å². The molecule has 1 fully saturated rings. The number of amides is 1. The minimum absolute atomic E-state index is 0.200. The van der Waals surface area contributed by atoms with Crippen LogP contribution in [0, 0.1) is 0 Å². The highest BCUT2D eigenvalue weighted by Gasteiger charge is 2.20. The van der Waals surface area contributed by atoms with Crippen molar-refractivity contribution in [3.05, 3.63) is 29.8 Å². The number of hydrogen-bond donors (Lipinski definition) is 1. The number of hydrogen-bond acceptors (Lipinski definition) is 2. The van der Waals surface area contributed by atoms with Gasteiger partial charge in [0.2, 0.25) is 5.91 Å². The first-order valence-corrected chi connectivity index (χ1v) is 7.79. The maximum absolute atomic E-state index is 12.2. The van der Waals surface area contributed by atoms with Gasteiger partial charge in [0.25, 0.3) is 0 Å². The molecule has 3 heteroatoms. The third-order valence-electron chi connectivity index (χ3n) is 4.10. The van der Waals surface area contributed by atoms with Crippen molar-refractivity contribution in [3.63, 3.8) is 0 Å². The predicted molar refractivity (Wildman–Crippen MR) is 84.1 cm³/mol. The molecular weight excluding hydrogens is 248 g/mol. The first kappa shape index (κ1) is 15.0. The average molecular weight is 274 g/mol. The third-order valence-corrected chi connectivity index (χ3v) is 4.10. The minimum atomic E-state index is 0.200. The van der Waals surface area contributed by atoms with E-state index in [9.17, 15) is 4.79 Å². The number of aryl methyl sites for hydroxylation is 1. The Labute approximate surface area is 122 Å². The maximum Gasteiger partial charge on any atom is 0.228 e. The summed E-state index contributed by atoms with van der Waals surface area (Å²) in [5, 5.41) is 3.38. The Hall–Kier alpha value is -1.35. The molecular formula is C17H26N2O. The zero-order chi connectivity index (χ0) is 14.4. The molecule has 110 valence electrons. The molecule has 1 heterocycles. The monoisotopic (exact) mass is 274 g/mol. The van der Waals surface area contributed by atoms with Gasteiger partial charge in [0, 0.05) is 25.2 Å². The summed E-state index contributed by atoms with van der Waals surface area (Å²) in [5.41, 5.74) is 2.35. The van der Waals surface area contributed by atoms with Crippen molar-refractivity contribution in [3.8, 4) is 0 Å². The molecule has 0 spiro atoms. The molecule has 0 radical (unpaired) electrons. The van der Waals surface area contributed by atoms with Crippen molar-refractivity contribution in [1.29, 1.82) is 0 Å². The van der Waals surface area contributed by atoms with Crippen molar-refractivity contribution in [1.82, 2.24) is 5.32 Å². The van der Waals surface area contributed by atoms with Crippen LogP contribution in [0.3, 0.4) is 0 Å². The van der Waals surface area contributed by atoms with E-state index in [1.165, 1.54) is 24.8 Å². The lowest BCUT2D eigenvalue weighted by molar-refractivity contribution is -0.118. The molecule has 0 aliphatic carbocycles. The lowest BCUT2D eigenvalue weighted by atomic mass is 10.1. The molecule has 1 unspecified atom stereocenters. The highest BCUT2D eigenvalue weighted by Crippen LogP contribution is 2.18. The van der Waals surface area contributed by atoms with Gasteiger partial charge < -0.3 is 10.2 Å². The Morgan fingerprint density at radius 3 is 2.70 bits per heavy atom. The number of carbonyl (C=O) groups excluding carboxylic acids is 1. The van der Waals surface area contributed by atoms with Crippen molar-refractivity contribution >= 4 is 11.6 Å². The Morgan fingerprint density at radius 2 is 2.10 bits per heavy atom. The summed E-state index contributed by atoms with van der Waals surface area (Å²) in [6.45, 7) is 3.26. The average Bonchev–Trinajstić information content (AvgIpc) is 2.97. The molecule has 1 saturated heterocycles. The molecule has 1 atom stereocenters. The van der Waals surface area contributed by atoms with Gasteiger partial charge in [-0.1, -0.05) is 25.5 Å². The number of unbranched alkanes of at least 4 members (excludes halogenated alkanes) is 1. The second-order valence-corrected chi connectivity index (χ2v) is 5.72. The van der Waals surface area contributed by atoms with E-state index in [-0.39, 0.29) is 5.91 Å². The number of nitrogens with zero attached hydrogens (tertiary/aromatic N) is 1. The molecule has 1 aromatic carbocycles. The topological polar surface area (TPSA) is 32.3 Å². The summed E-state index contributed by atoms with van der Waals surface area (Å²) in [5.74, 6) is 0.200. The summed E-state index contributed by atoms with van der Waals surface area (Å²) in [7, 11) is 1.87. The molecule has 2 rings (SSSR count). The predicted octanol–water partition coefficient (Wildman–Crippen LogP) is 3.13. The lowest BCUT2D eigenvalue weighted by Gasteiger charge is -2.20. The molecule has 0 saturated carbocycles. The Balaban J connectivity index is 1.90. The number of rotatable bonds is 6. The van der Waals surface area contributed by atoms with Crippen LogP contribution in [-0.2, 0) is 11.2 Å². The van der Waals surface area contributed by atoms with E-state index < -0.39 is 0 Å². The molecule has 1 N–H and O–H groups in total. The lowest BCUT2D eigenvalue weighted by Crippen LogP contribution is -2.33. The van der Waals surface area contributed by atoms with Crippen molar-refractivity contribution < 1.29 is 4.79 Å². The van der Waals surface area contributed by atoms with Gasteiger partial charge in [-0.25, -0.2) is 0 Å². The van der Waals surface area contributed by atoms with Gasteiger partial charge in [0.15, 0.2) is 0 Å². The van der Waals surface area contributed by atoms with E-state index in [1.807, 2.05) is 7.05 Å². The zero-order valence-corrected chi connectivity index (χ0v) is 12.7. The van der Waals surface area contributed by atoms with Crippen LogP contribution in [0.4, 0.5) is 5.69 Å². The second-order valence-electron chi connectivity index (χ2n) is 5.72. The third kappa shape index (κ3) is 4.07. The summed E-state index contributed by atoms with van der Waals surface area (Å²) in [4.78, 5) is 14.0. The van der Waals surface area contributed by atoms with Gasteiger partial charge in [0.05, 0.1) is 0 Å². The van der Waals surface area contributed by atoms with E-state index in [4.69, 9.17) is 0 Å². The fraction of sp³-hybridized carbons (Fsp3) is 0.588. The summed E-state index contributed by atoms with van der Waals surface area (Å²) < 4.78 is 0. The van der Waals surface area contributed by atoms with E-state index in [0.29, 0.717) is 12.5 Å². The number of benzene rings is 1. The molecule has 0 aromatic heterocycles. The van der Waals surface area contributed by atoms with Gasteiger partial charge in [-0.3, -0.25) is 4.79 Å². The normalized spacial score (nSPS) is 18.2. The largest absolute Gasteiger partial charge is 0.315 e. The number of anilines is 1. The fourth-order valence-corrected chi connectivity index (χ4v) is 2.69. The summed E-state index contributed by atoms with van der Waals surface area (Å²) in [6, 6.07) is 8.77. The van der Waals surface area contributed by atoms with Crippen LogP contribution in [0.15, 0.2) is 24.3 Å². The van der Waals surface area contributed by atoms with Crippen molar-refractivity contribution in [2.45, 2.75) is 51.5 Å². The minimum Gasteiger partial charge on any atom is -0.315 e.